The zero-order valence-corrected chi connectivity index (χ0v) is 12.5. The number of carbonyl (C=O) groups is 1. The van der Waals surface area contributed by atoms with Crippen molar-refractivity contribution in [1.29, 1.82) is 0 Å². The van der Waals surface area contributed by atoms with E-state index in [2.05, 4.69) is 32.2 Å². The van der Waals surface area contributed by atoms with E-state index in [-0.39, 0.29) is 0 Å². The minimum atomic E-state index is -0.426. The highest BCUT2D eigenvalue weighted by Crippen LogP contribution is 2.07. The van der Waals surface area contributed by atoms with Gasteiger partial charge in [-0.3, -0.25) is 5.32 Å². The molecule has 0 saturated heterocycles. The molecule has 1 rings (SSSR count). The van der Waals surface area contributed by atoms with Crippen molar-refractivity contribution >= 4 is 11.8 Å². The Bertz CT molecular complexity index is 471. The lowest BCUT2D eigenvalue weighted by Gasteiger charge is -2.05. The molecule has 0 radical (unpaired) electrons. The highest BCUT2D eigenvalue weighted by molar-refractivity contribution is 5.84. The number of amides is 1. The van der Waals surface area contributed by atoms with Gasteiger partial charge in [-0.25, -0.2) is 4.79 Å². The number of anilines is 1. The van der Waals surface area contributed by atoms with Crippen LogP contribution >= 0.6 is 0 Å². The maximum absolute atomic E-state index is 11.5. The van der Waals surface area contributed by atoms with Gasteiger partial charge in [-0.05, 0) is 51.8 Å². The zero-order valence-electron chi connectivity index (χ0n) is 12.5. The molecular formula is C17H23NO2. The molecule has 0 aliphatic heterocycles. The maximum Gasteiger partial charge on any atom is 0.411 e. The van der Waals surface area contributed by atoms with E-state index in [9.17, 15) is 4.79 Å². The smallest absolute Gasteiger partial charge is 0.411 e. The second-order valence-electron chi connectivity index (χ2n) is 4.96. The van der Waals surface area contributed by atoms with Gasteiger partial charge in [-0.1, -0.05) is 35.4 Å². The van der Waals surface area contributed by atoms with Gasteiger partial charge in [0.15, 0.2) is 0 Å². The summed E-state index contributed by atoms with van der Waals surface area (Å²) in [4.78, 5) is 11.5. The summed E-state index contributed by atoms with van der Waals surface area (Å²) in [6.45, 7) is 6.54. The van der Waals surface area contributed by atoms with Gasteiger partial charge in [0.2, 0.25) is 0 Å². The molecule has 0 unspecified atom stereocenters. The van der Waals surface area contributed by atoms with E-state index in [1.165, 1.54) is 11.1 Å². The molecule has 0 aromatic heterocycles. The average Bonchev–Trinajstić information content (AvgIpc) is 2.39. The molecule has 0 aliphatic rings. The molecule has 1 N–H and O–H groups in total. The number of carbonyl (C=O) groups excluding carboxylic acids is 1. The Balaban J connectivity index is 2.25. The number of hydrogen-bond donors (Lipinski definition) is 1. The molecule has 108 valence electrons. The van der Waals surface area contributed by atoms with Crippen LogP contribution in [0.2, 0.25) is 0 Å². The van der Waals surface area contributed by atoms with Gasteiger partial charge in [0, 0.05) is 5.69 Å². The van der Waals surface area contributed by atoms with Crippen LogP contribution < -0.4 is 5.32 Å². The predicted molar refractivity (Wildman–Crippen MR) is 83.8 cm³/mol. The molecule has 1 aromatic rings. The lowest BCUT2D eigenvalue weighted by molar-refractivity contribution is 0.174. The highest BCUT2D eigenvalue weighted by Gasteiger charge is 2.00. The number of benzene rings is 1. The molecule has 0 atom stereocenters. The number of allylic oxidation sites excluding steroid dienone is 3. The molecule has 0 heterocycles. The summed E-state index contributed by atoms with van der Waals surface area (Å²) < 4.78 is 5.10. The Morgan fingerprint density at radius 3 is 2.50 bits per heavy atom. The summed E-state index contributed by atoms with van der Waals surface area (Å²) in [6.07, 6.45) is 5.75. The van der Waals surface area contributed by atoms with Crippen LogP contribution in [-0.2, 0) is 4.74 Å². The van der Waals surface area contributed by atoms with Crippen molar-refractivity contribution in [2.24, 2.45) is 0 Å². The van der Waals surface area contributed by atoms with Crippen LogP contribution in [0.25, 0.3) is 0 Å². The van der Waals surface area contributed by atoms with Crippen molar-refractivity contribution in [1.82, 2.24) is 0 Å². The predicted octanol–water partition coefficient (Wildman–Crippen LogP) is 4.93. The monoisotopic (exact) mass is 273 g/mol. The maximum atomic E-state index is 11.5. The van der Waals surface area contributed by atoms with Gasteiger partial charge in [-0.2, -0.15) is 0 Å². The Morgan fingerprint density at radius 1 is 1.15 bits per heavy atom. The Labute approximate surface area is 121 Å². The van der Waals surface area contributed by atoms with Crippen molar-refractivity contribution in [3.63, 3.8) is 0 Å². The normalized spacial score (nSPS) is 10.8. The first kappa shape index (κ1) is 16.0. The van der Waals surface area contributed by atoms with E-state index in [1.807, 2.05) is 36.4 Å². The molecule has 0 saturated carbocycles. The zero-order chi connectivity index (χ0) is 14.8. The first-order chi connectivity index (χ1) is 9.58. The molecule has 20 heavy (non-hydrogen) atoms. The van der Waals surface area contributed by atoms with Crippen molar-refractivity contribution in [2.45, 2.75) is 33.6 Å². The van der Waals surface area contributed by atoms with Gasteiger partial charge in [0.05, 0.1) is 0 Å². The van der Waals surface area contributed by atoms with Crippen LogP contribution in [0, 0.1) is 0 Å². The number of ether oxygens (including phenoxy) is 1. The highest BCUT2D eigenvalue weighted by atomic mass is 16.5. The lowest BCUT2D eigenvalue weighted by atomic mass is 10.1. The fourth-order valence-electron chi connectivity index (χ4n) is 1.63. The van der Waals surface area contributed by atoms with Crippen LogP contribution in [0.1, 0.15) is 33.6 Å². The van der Waals surface area contributed by atoms with Crippen molar-refractivity contribution in [2.75, 3.05) is 11.9 Å². The molecule has 3 heteroatoms. The van der Waals surface area contributed by atoms with Crippen molar-refractivity contribution in [3.05, 3.63) is 53.6 Å². The summed E-state index contributed by atoms with van der Waals surface area (Å²) in [7, 11) is 0. The molecule has 1 amide bonds. The molecule has 0 aliphatic carbocycles. The van der Waals surface area contributed by atoms with Crippen LogP contribution in [0.3, 0.4) is 0 Å². The molecular weight excluding hydrogens is 250 g/mol. The van der Waals surface area contributed by atoms with Crippen LogP contribution in [0.15, 0.2) is 53.6 Å². The van der Waals surface area contributed by atoms with Gasteiger partial charge in [0.25, 0.3) is 0 Å². The van der Waals surface area contributed by atoms with E-state index in [1.54, 1.807) is 0 Å². The minimum Gasteiger partial charge on any atom is -0.445 e. The van der Waals surface area contributed by atoms with Crippen molar-refractivity contribution < 1.29 is 9.53 Å². The summed E-state index contributed by atoms with van der Waals surface area (Å²) in [5.74, 6) is 0. The Hall–Kier alpha value is -2.03. The molecule has 0 bridgehead atoms. The third-order valence-corrected chi connectivity index (χ3v) is 2.76. The van der Waals surface area contributed by atoms with E-state index in [0.717, 1.165) is 18.5 Å². The largest absolute Gasteiger partial charge is 0.445 e. The molecule has 1 aromatic carbocycles. The van der Waals surface area contributed by atoms with Crippen LogP contribution in [0.4, 0.5) is 10.5 Å². The number of para-hydroxylation sites is 1. The van der Waals surface area contributed by atoms with Gasteiger partial charge >= 0.3 is 6.09 Å². The second-order valence-corrected chi connectivity index (χ2v) is 4.96. The number of nitrogens with one attached hydrogen (secondary N) is 1. The summed E-state index contributed by atoms with van der Waals surface area (Å²) >= 11 is 0. The summed E-state index contributed by atoms with van der Waals surface area (Å²) in [5, 5.41) is 2.67. The van der Waals surface area contributed by atoms with Crippen LogP contribution in [0.5, 0.6) is 0 Å². The minimum absolute atomic E-state index is 0.305. The molecule has 0 spiro atoms. The standard InChI is InChI=1S/C17H23NO2/c1-14(2)8-7-9-15(3)12-13-20-17(19)18-16-10-5-4-6-11-16/h4-6,8,10-12H,7,9,13H2,1-3H3,(H,18,19)/b15-12-. The summed E-state index contributed by atoms with van der Waals surface area (Å²) in [5.41, 5.74) is 3.30. The fourth-order valence-corrected chi connectivity index (χ4v) is 1.63. The second kappa shape index (κ2) is 8.97. The Morgan fingerprint density at radius 2 is 1.85 bits per heavy atom. The third-order valence-electron chi connectivity index (χ3n) is 2.76. The van der Waals surface area contributed by atoms with Gasteiger partial charge in [0.1, 0.15) is 6.61 Å². The van der Waals surface area contributed by atoms with Gasteiger partial charge < -0.3 is 4.74 Å². The third kappa shape index (κ3) is 7.41. The first-order valence-electron chi connectivity index (χ1n) is 6.86. The van der Waals surface area contributed by atoms with Crippen molar-refractivity contribution in [3.8, 4) is 0 Å². The Kier molecular flexibility index (Phi) is 7.18. The first-order valence-corrected chi connectivity index (χ1v) is 6.86. The molecule has 0 fully saturated rings. The van der Waals surface area contributed by atoms with E-state index >= 15 is 0 Å². The topological polar surface area (TPSA) is 38.3 Å². The van der Waals surface area contributed by atoms with E-state index in [0.29, 0.717) is 6.61 Å². The quantitative estimate of drug-likeness (QED) is 0.746. The number of rotatable bonds is 6. The summed E-state index contributed by atoms with van der Waals surface area (Å²) in [6, 6.07) is 9.27. The fraction of sp³-hybridized carbons (Fsp3) is 0.353. The van der Waals surface area contributed by atoms with E-state index in [4.69, 9.17) is 4.74 Å². The van der Waals surface area contributed by atoms with Gasteiger partial charge in [-0.15, -0.1) is 0 Å². The number of hydrogen-bond acceptors (Lipinski definition) is 2. The van der Waals surface area contributed by atoms with Crippen LogP contribution in [-0.4, -0.2) is 12.7 Å². The average molecular weight is 273 g/mol. The van der Waals surface area contributed by atoms with E-state index < -0.39 is 6.09 Å². The molecule has 3 nitrogen and oxygen atoms in total. The SMILES string of the molecule is CC(C)=CCC/C(C)=C\COC(=O)Nc1ccccc1. The lowest BCUT2D eigenvalue weighted by Crippen LogP contribution is -2.13.